The third kappa shape index (κ3) is 3.17. The minimum absolute atomic E-state index is 0.137. The maximum atomic E-state index is 13.2. The molecule has 0 unspecified atom stereocenters. The molecule has 1 N–H and O–H groups in total. The van der Waals surface area contributed by atoms with Crippen LogP contribution in [0.1, 0.15) is 13.8 Å². The van der Waals surface area contributed by atoms with Crippen LogP contribution in [0.4, 0.5) is 15.8 Å². The Balaban J connectivity index is 3.28. The molecule has 1 rings (SSSR count). The average Bonchev–Trinajstić information content (AvgIpc) is 2.22. The molecule has 90 valence electrons. The van der Waals surface area contributed by atoms with Gasteiger partial charge in [0.05, 0.1) is 21.0 Å². The van der Waals surface area contributed by atoms with E-state index in [2.05, 4.69) is 27.2 Å². The topological polar surface area (TPSA) is 55.2 Å². The summed E-state index contributed by atoms with van der Waals surface area (Å²) < 4.78 is 13.4. The number of rotatable bonds is 3. The van der Waals surface area contributed by atoms with Gasteiger partial charge in [0.2, 0.25) is 0 Å². The number of anilines is 1. The Bertz CT molecular complexity index is 509. The first kappa shape index (κ1) is 13.5. The number of benzene rings is 1. The van der Waals surface area contributed by atoms with Crippen LogP contribution in [-0.2, 0) is 0 Å². The number of hydrogen-bond acceptors (Lipinski definition) is 3. The molecule has 0 bridgehead atoms. The van der Waals surface area contributed by atoms with Crippen molar-refractivity contribution in [1.29, 1.82) is 0 Å². The van der Waals surface area contributed by atoms with Gasteiger partial charge in [-0.25, -0.2) is 4.39 Å². The molecule has 0 aliphatic rings. The SMILES string of the molecule is C#CC(C)(C)Nc1cc(Br)c(F)cc1[N+](=O)[O-]. The first-order valence-electron chi connectivity index (χ1n) is 4.66. The Hall–Kier alpha value is -1.61. The first-order valence-corrected chi connectivity index (χ1v) is 5.45. The maximum Gasteiger partial charge on any atom is 0.295 e. The zero-order valence-electron chi connectivity index (χ0n) is 9.25. The monoisotopic (exact) mass is 300 g/mol. The minimum atomic E-state index is -0.762. The summed E-state index contributed by atoms with van der Waals surface area (Å²) in [5.74, 6) is 1.75. The smallest absolute Gasteiger partial charge is 0.295 e. The highest BCUT2D eigenvalue weighted by atomic mass is 79.9. The van der Waals surface area contributed by atoms with Gasteiger partial charge in [-0.1, -0.05) is 5.92 Å². The molecule has 0 aromatic heterocycles. The maximum absolute atomic E-state index is 13.2. The zero-order chi connectivity index (χ0) is 13.2. The van der Waals surface area contributed by atoms with Crippen molar-refractivity contribution in [3.8, 4) is 12.3 Å². The molecular formula is C11H10BrFN2O2. The molecule has 1 aromatic rings. The third-order valence-electron chi connectivity index (χ3n) is 2.04. The van der Waals surface area contributed by atoms with E-state index in [1.54, 1.807) is 13.8 Å². The molecule has 0 heterocycles. The fraction of sp³-hybridized carbons (Fsp3) is 0.273. The second-order valence-corrected chi connectivity index (χ2v) is 4.79. The van der Waals surface area contributed by atoms with Crippen molar-refractivity contribution in [1.82, 2.24) is 0 Å². The lowest BCUT2D eigenvalue weighted by Gasteiger charge is -2.21. The van der Waals surface area contributed by atoms with Crippen molar-refractivity contribution in [3.05, 3.63) is 32.5 Å². The molecule has 0 saturated carbocycles. The number of nitrogens with zero attached hydrogens (tertiary/aromatic N) is 1. The summed E-state index contributed by atoms with van der Waals surface area (Å²) in [6.07, 6.45) is 5.28. The summed E-state index contributed by atoms with van der Waals surface area (Å²) >= 11 is 2.97. The number of nitrogens with one attached hydrogen (secondary N) is 1. The Kier molecular flexibility index (Phi) is 3.73. The first-order chi connectivity index (χ1) is 7.76. The van der Waals surface area contributed by atoms with E-state index in [9.17, 15) is 14.5 Å². The fourth-order valence-corrected chi connectivity index (χ4v) is 1.50. The van der Waals surface area contributed by atoms with Gasteiger partial charge >= 0.3 is 0 Å². The molecular weight excluding hydrogens is 291 g/mol. The highest BCUT2D eigenvalue weighted by molar-refractivity contribution is 9.10. The van der Waals surface area contributed by atoms with Crippen molar-refractivity contribution in [2.45, 2.75) is 19.4 Å². The Morgan fingerprint density at radius 2 is 2.18 bits per heavy atom. The van der Waals surface area contributed by atoms with E-state index >= 15 is 0 Å². The summed E-state index contributed by atoms with van der Waals surface area (Å²) in [7, 11) is 0. The molecule has 1 aromatic carbocycles. The van der Waals surface area contributed by atoms with Crippen LogP contribution in [-0.4, -0.2) is 10.5 Å². The van der Waals surface area contributed by atoms with Gasteiger partial charge in [-0.15, -0.1) is 6.42 Å². The van der Waals surface area contributed by atoms with Crippen LogP contribution in [0.5, 0.6) is 0 Å². The van der Waals surface area contributed by atoms with E-state index in [4.69, 9.17) is 6.42 Å². The van der Waals surface area contributed by atoms with Crippen LogP contribution in [0.15, 0.2) is 16.6 Å². The van der Waals surface area contributed by atoms with Crippen LogP contribution < -0.4 is 5.32 Å². The van der Waals surface area contributed by atoms with E-state index < -0.39 is 16.3 Å². The van der Waals surface area contributed by atoms with Crippen molar-refractivity contribution in [2.75, 3.05) is 5.32 Å². The quantitative estimate of drug-likeness (QED) is 0.529. The van der Waals surface area contributed by atoms with Crippen LogP contribution >= 0.6 is 15.9 Å². The van der Waals surface area contributed by atoms with Gasteiger partial charge in [0.15, 0.2) is 0 Å². The number of nitro benzene ring substituents is 1. The lowest BCUT2D eigenvalue weighted by atomic mass is 10.1. The van der Waals surface area contributed by atoms with Gasteiger partial charge in [-0.05, 0) is 35.8 Å². The molecule has 0 radical (unpaired) electrons. The second-order valence-electron chi connectivity index (χ2n) is 3.93. The predicted molar refractivity (Wildman–Crippen MR) is 67.3 cm³/mol. The van der Waals surface area contributed by atoms with Gasteiger partial charge in [-0.3, -0.25) is 10.1 Å². The molecule has 0 aliphatic carbocycles. The molecule has 0 saturated heterocycles. The molecule has 0 amide bonds. The molecule has 0 aliphatic heterocycles. The summed E-state index contributed by atoms with van der Waals surface area (Å²) in [6.45, 7) is 3.38. The summed E-state index contributed by atoms with van der Waals surface area (Å²) in [4.78, 5) is 10.1. The second kappa shape index (κ2) is 4.72. The van der Waals surface area contributed by atoms with E-state index in [0.717, 1.165) is 6.07 Å². The van der Waals surface area contributed by atoms with Crippen LogP contribution in [0.2, 0.25) is 0 Å². The highest BCUT2D eigenvalue weighted by Crippen LogP contribution is 2.32. The molecule has 0 spiro atoms. The van der Waals surface area contributed by atoms with Crippen LogP contribution in [0.25, 0.3) is 0 Å². The zero-order valence-corrected chi connectivity index (χ0v) is 10.8. The van der Waals surface area contributed by atoms with Gasteiger partial charge in [0.25, 0.3) is 5.69 Å². The molecule has 6 heteroatoms. The van der Waals surface area contributed by atoms with Gasteiger partial charge in [0, 0.05) is 0 Å². The Morgan fingerprint density at radius 3 is 2.65 bits per heavy atom. The summed E-state index contributed by atoms with van der Waals surface area (Å²) in [5.41, 5.74) is -0.942. The van der Waals surface area contributed by atoms with Crippen LogP contribution in [0.3, 0.4) is 0 Å². The number of terminal acetylenes is 1. The van der Waals surface area contributed by atoms with Gasteiger partial charge < -0.3 is 5.32 Å². The standard InChI is InChI=1S/C11H10BrFN2O2/c1-4-11(2,3)14-9-5-7(12)8(13)6-10(9)15(16)17/h1,5-6,14H,2-3H3. The average molecular weight is 301 g/mol. The van der Waals surface area contributed by atoms with Crippen LogP contribution in [0, 0.1) is 28.3 Å². The van der Waals surface area contributed by atoms with Crippen molar-refractivity contribution < 1.29 is 9.31 Å². The van der Waals surface area contributed by atoms with Gasteiger partial charge in [0.1, 0.15) is 11.5 Å². The van der Waals surface area contributed by atoms with Crippen molar-refractivity contribution in [3.63, 3.8) is 0 Å². The van der Waals surface area contributed by atoms with Crippen molar-refractivity contribution >= 4 is 27.3 Å². The highest BCUT2D eigenvalue weighted by Gasteiger charge is 2.22. The lowest BCUT2D eigenvalue weighted by molar-refractivity contribution is -0.384. The number of halogens is 2. The number of nitro groups is 1. The van der Waals surface area contributed by atoms with E-state index in [1.807, 2.05) is 0 Å². The van der Waals surface area contributed by atoms with E-state index in [-0.39, 0.29) is 15.8 Å². The fourth-order valence-electron chi connectivity index (χ4n) is 1.16. The summed E-state index contributed by atoms with van der Waals surface area (Å²) in [5, 5.41) is 13.6. The van der Waals surface area contributed by atoms with E-state index in [1.165, 1.54) is 6.07 Å². The molecule has 17 heavy (non-hydrogen) atoms. The normalized spacial score (nSPS) is 10.8. The summed E-state index contributed by atoms with van der Waals surface area (Å²) in [6, 6.07) is 2.14. The number of hydrogen-bond donors (Lipinski definition) is 1. The Morgan fingerprint density at radius 1 is 1.59 bits per heavy atom. The third-order valence-corrected chi connectivity index (χ3v) is 2.65. The van der Waals surface area contributed by atoms with Crippen molar-refractivity contribution in [2.24, 2.45) is 0 Å². The predicted octanol–water partition coefficient (Wildman–Crippen LogP) is 3.32. The largest absolute Gasteiger partial charge is 0.364 e. The molecule has 0 fully saturated rings. The lowest BCUT2D eigenvalue weighted by Crippen LogP contribution is -2.28. The molecule has 4 nitrogen and oxygen atoms in total. The minimum Gasteiger partial charge on any atom is -0.364 e. The van der Waals surface area contributed by atoms with Gasteiger partial charge in [-0.2, -0.15) is 0 Å². The Labute approximate surface area is 106 Å². The molecule has 0 atom stereocenters. The van der Waals surface area contributed by atoms with E-state index in [0.29, 0.717) is 0 Å².